The van der Waals surface area contributed by atoms with Crippen LogP contribution in [0.1, 0.15) is 13.3 Å². The molecule has 0 aliphatic rings. The van der Waals surface area contributed by atoms with Gasteiger partial charge in [-0.3, -0.25) is 0 Å². The van der Waals surface area contributed by atoms with Crippen molar-refractivity contribution in [2.45, 2.75) is 18.9 Å². The first-order chi connectivity index (χ1) is 7.62. The minimum absolute atomic E-state index is 0.128. The molecule has 2 N–H and O–H groups in total. The molecular weight excluding hydrogens is 200 g/mol. The lowest BCUT2D eigenvalue weighted by Crippen LogP contribution is -2.22. The summed E-state index contributed by atoms with van der Waals surface area (Å²) in [5.41, 5.74) is -1.22. The highest BCUT2D eigenvalue weighted by Crippen LogP contribution is 2.05. The molecule has 0 bridgehead atoms. The summed E-state index contributed by atoms with van der Waals surface area (Å²) in [6.07, 6.45) is 5.05. The van der Waals surface area contributed by atoms with E-state index in [0.717, 1.165) is 0 Å². The number of aliphatic hydroxyl groups excluding tert-OH is 1. The maximum Gasteiger partial charge on any atom is 0.125 e. The van der Waals surface area contributed by atoms with E-state index in [9.17, 15) is 5.11 Å². The van der Waals surface area contributed by atoms with E-state index < -0.39 is 5.60 Å². The third-order valence-corrected chi connectivity index (χ3v) is 1.38. The van der Waals surface area contributed by atoms with E-state index in [4.69, 9.17) is 11.5 Å². The number of hydrogen-bond acceptors (Lipinski definition) is 2. The Labute approximate surface area is 96.1 Å². The van der Waals surface area contributed by atoms with E-state index in [1.54, 1.807) is 0 Å². The molecule has 0 aromatic rings. The van der Waals surface area contributed by atoms with Crippen molar-refractivity contribution >= 4 is 0 Å². The summed E-state index contributed by atoms with van der Waals surface area (Å²) in [6.45, 7) is 1.37. The van der Waals surface area contributed by atoms with Gasteiger partial charge < -0.3 is 10.2 Å². The van der Waals surface area contributed by atoms with Crippen LogP contribution in [0, 0.1) is 59.7 Å². The van der Waals surface area contributed by atoms with Gasteiger partial charge in [-0.25, -0.2) is 0 Å². The van der Waals surface area contributed by atoms with Crippen LogP contribution < -0.4 is 0 Å². The Morgan fingerprint density at radius 1 is 1.00 bits per heavy atom. The molecule has 0 aromatic heterocycles. The Kier molecular flexibility index (Phi) is 6.91. The van der Waals surface area contributed by atoms with Gasteiger partial charge in [0.2, 0.25) is 0 Å². The van der Waals surface area contributed by atoms with E-state index in [-0.39, 0.29) is 13.0 Å². The Hall–Kier alpha value is -2.28. The van der Waals surface area contributed by atoms with Crippen molar-refractivity contribution in [1.82, 2.24) is 0 Å². The monoisotopic (exact) mass is 210 g/mol. The molecule has 0 fully saturated rings. The van der Waals surface area contributed by atoms with Crippen molar-refractivity contribution < 1.29 is 10.2 Å². The molecule has 1 atom stereocenters. The topological polar surface area (TPSA) is 40.5 Å². The van der Waals surface area contributed by atoms with Crippen molar-refractivity contribution in [3.05, 3.63) is 0 Å². The second kappa shape index (κ2) is 8.06. The second-order valence-corrected chi connectivity index (χ2v) is 2.89. The van der Waals surface area contributed by atoms with E-state index >= 15 is 0 Å². The van der Waals surface area contributed by atoms with Gasteiger partial charge in [0.1, 0.15) is 5.60 Å². The fourth-order valence-corrected chi connectivity index (χ4v) is 0.638. The molecule has 0 aromatic carbocycles. The summed E-state index contributed by atoms with van der Waals surface area (Å²) < 4.78 is 0. The minimum Gasteiger partial charge on any atom is -0.396 e. The van der Waals surface area contributed by atoms with Crippen molar-refractivity contribution in [3.63, 3.8) is 0 Å². The number of hydrogen-bond donors (Lipinski definition) is 2. The molecule has 0 rings (SSSR count). The van der Waals surface area contributed by atoms with Crippen LogP contribution in [0.15, 0.2) is 0 Å². The van der Waals surface area contributed by atoms with Crippen LogP contribution in [-0.4, -0.2) is 22.4 Å². The summed E-state index contributed by atoms with van der Waals surface area (Å²) in [6, 6.07) is 0. The lowest BCUT2D eigenvalue weighted by Gasteiger charge is -2.12. The highest BCUT2D eigenvalue weighted by atomic mass is 16.3. The first-order valence-corrected chi connectivity index (χ1v) is 4.43. The lowest BCUT2D eigenvalue weighted by molar-refractivity contribution is 0.0878. The Morgan fingerprint density at radius 3 is 2.00 bits per heavy atom. The van der Waals surface area contributed by atoms with Gasteiger partial charge in [-0.15, -0.1) is 6.42 Å². The second-order valence-electron chi connectivity index (χ2n) is 2.89. The van der Waals surface area contributed by atoms with Crippen molar-refractivity contribution in [2.24, 2.45) is 0 Å². The number of rotatable bonds is 2. The summed E-state index contributed by atoms with van der Waals surface area (Å²) >= 11 is 0. The Balaban J connectivity index is 4.35. The fourth-order valence-electron chi connectivity index (χ4n) is 0.638. The highest BCUT2D eigenvalue weighted by Gasteiger charge is 2.14. The fraction of sp³-hybridized carbons (Fsp3) is 0.286. The highest BCUT2D eigenvalue weighted by molar-refractivity contribution is 5.42. The minimum atomic E-state index is -1.22. The van der Waals surface area contributed by atoms with E-state index in [1.165, 1.54) is 6.92 Å². The average Bonchev–Trinajstić information content (AvgIpc) is 2.22. The molecule has 0 heterocycles. The predicted molar refractivity (Wildman–Crippen MR) is 62.3 cm³/mol. The van der Waals surface area contributed by atoms with Gasteiger partial charge in [0.05, 0.1) is 0 Å². The zero-order chi connectivity index (χ0) is 12.3. The van der Waals surface area contributed by atoms with Crippen LogP contribution in [0.3, 0.4) is 0 Å². The van der Waals surface area contributed by atoms with Crippen LogP contribution in [-0.2, 0) is 0 Å². The summed E-state index contributed by atoms with van der Waals surface area (Å²) in [5, 5.41) is 18.1. The summed E-state index contributed by atoms with van der Waals surface area (Å²) in [5.74, 6) is 21.4. The Bertz CT molecular complexity index is 503. The lowest BCUT2D eigenvalue weighted by atomic mass is 10.0. The zero-order valence-electron chi connectivity index (χ0n) is 8.89. The van der Waals surface area contributed by atoms with Crippen molar-refractivity contribution in [2.75, 3.05) is 6.61 Å². The van der Waals surface area contributed by atoms with E-state index in [2.05, 4.69) is 53.3 Å². The molecule has 0 spiro atoms. The molecule has 2 nitrogen and oxygen atoms in total. The van der Waals surface area contributed by atoms with Gasteiger partial charge in [-0.2, -0.15) is 0 Å². The maximum absolute atomic E-state index is 9.51. The molecule has 0 aliphatic heterocycles. The van der Waals surface area contributed by atoms with Crippen LogP contribution in [0.2, 0.25) is 0 Å². The largest absolute Gasteiger partial charge is 0.396 e. The summed E-state index contributed by atoms with van der Waals surface area (Å²) in [7, 11) is 0. The molecule has 0 amide bonds. The number of terminal acetylenes is 1. The van der Waals surface area contributed by atoms with Crippen molar-refractivity contribution in [1.29, 1.82) is 0 Å². The van der Waals surface area contributed by atoms with Crippen LogP contribution in [0.5, 0.6) is 0 Å². The zero-order valence-corrected chi connectivity index (χ0v) is 8.89. The van der Waals surface area contributed by atoms with Gasteiger partial charge in [-0.1, -0.05) is 5.92 Å². The van der Waals surface area contributed by atoms with E-state index in [1.807, 2.05) is 0 Å². The molecule has 2 heteroatoms. The first kappa shape index (κ1) is 13.7. The predicted octanol–water partition coefficient (Wildman–Crippen LogP) is -0.233. The molecule has 0 saturated carbocycles. The molecule has 0 saturated heterocycles. The van der Waals surface area contributed by atoms with Gasteiger partial charge in [0, 0.05) is 13.0 Å². The van der Waals surface area contributed by atoms with Crippen molar-refractivity contribution in [3.8, 4) is 59.7 Å². The molecule has 78 valence electrons. The third kappa shape index (κ3) is 8.32. The van der Waals surface area contributed by atoms with E-state index in [0.29, 0.717) is 0 Å². The van der Waals surface area contributed by atoms with Gasteiger partial charge in [0.25, 0.3) is 0 Å². The molecule has 0 aliphatic carbocycles. The van der Waals surface area contributed by atoms with Gasteiger partial charge in [0.15, 0.2) is 0 Å². The maximum atomic E-state index is 9.51. The molecule has 1 unspecified atom stereocenters. The SMILES string of the molecule is C#CC#CC#CC#CC#CC(C)(O)CCO. The van der Waals surface area contributed by atoms with Gasteiger partial charge >= 0.3 is 0 Å². The van der Waals surface area contributed by atoms with Crippen LogP contribution >= 0.6 is 0 Å². The molecule has 16 heavy (non-hydrogen) atoms. The summed E-state index contributed by atoms with van der Waals surface area (Å²) in [4.78, 5) is 0. The molecular formula is C14H10O2. The van der Waals surface area contributed by atoms with Crippen LogP contribution in [0.25, 0.3) is 0 Å². The Morgan fingerprint density at radius 2 is 1.50 bits per heavy atom. The molecule has 0 radical (unpaired) electrons. The quantitative estimate of drug-likeness (QED) is 0.618. The first-order valence-electron chi connectivity index (χ1n) is 4.43. The number of aliphatic hydroxyl groups is 2. The smallest absolute Gasteiger partial charge is 0.125 e. The van der Waals surface area contributed by atoms with Crippen LogP contribution in [0.4, 0.5) is 0 Å². The normalized spacial score (nSPS) is 10.4. The van der Waals surface area contributed by atoms with Gasteiger partial charge in [-0.05, 0) is 54.3 Å². The average molecular weight is 210 g/mol. The standard InChI is InChI=1S/C14H10O2/c1-3-4-5-6-7-8-9-10-11-14(2,16)12-13-15/h1,15-16H,12-13H2,2H3. The third-order valence-electron chi connectivity index (χ3n) is 1.38.